The Morgan fingerprint density at radius 2 is 2.07 bits per heavy atom. The van der Waals surface area contributed by atoms with Gasteiger partial charge in [-0.25, -0.2) is 9.50 Å². The van der Waals surface area contributed by atoms with E-state index in [1.807, 2.05) is 19.1 Å². The van der Waals surface area contributed by atoms with Crippen LogP contribution in [0.2, 0.25) is 0 Å². The Kier molecular flexibility index (Phi) is 5.57. The van der Waals surface area contributed by atoms with Gasteiger partial charge in [0, 0.05) is 46.9 Å². The fourth-order valence-corrected chi connectivity index (χ4v) is 4.86. The van der Waals surface area contributed by atoms with Crippen molar-refractivity contribution in [2.24, 2.45) is 0 Å². The molecule has 0 bridgehead atoms. The Labute approximate surface area is 176 Å². The van der Waals surface area contributed by atoms with Crippen LogP contribution >= 0.6 is 11.3 Å². The van der Waals surface area contributed by atoms with E-state index in [0.29, 0.717) is 43.7 Å². The van der Waals surface area contributed by atoms with E-state index in [0.717, 1.165) is 17.0 Å². The van der Waals surface area contributed by atoms with Gasteiger partial charge in [-0.2, -0.15) is 18.3 Å². The van der Waals surface area contributed by atoms with Gasteiger partial charge in [-0.15, -0.1) is 11.3 Å². The minimum Gasteiger partial charge on any atom is -0.342 e. The van der Waals surface area contributed by atoms with E-state index in [-0.39, 0.29) is 17.5 Å². The molecular formula is C21H23F3N4OS. The van der Waals surface area contributed by atoms with E-state index in [9.17, 15) is 18.0 Å². The molecule has 160 valence electrons. The van der Waals surface area contributed by atoms with Crippen molar-refractivity contribution < 1.29 is 18.0 Å². The molecule has 1 amide bonds. The van der Waals surface area contributed by atoms with Crippen LogP contribution in [-0.2, 0) is 17.4 Å². The molecule has 1 saturated heterocycles. The average Bonchev–Trinajstić information content (AvgIpc) is 3.28. The second-order valence-electron chi connectivity index (χ2n) is 7.81. The summed E-state index contributed by atoms with van der Waals surface area (Å²) >= 11 is 1.69. The topological polar surface area (TPSA) is 50.5 Å². The Hall–Kier alpha value is -2.42. The molecule has 0 N–H and O–H groups in total. The number of carbonyl (C=O) groups is 1. The van der Waals surface area contributed by atoms with E-state index in [1.165, 1.54) is 9.75 Å². The molecule has 0 aliphatic carbocycles. The van der Waals surface area contributed by atoms with Crippen LogP contribution in [0.1, 0.15) is 52.0 Å². The fraction of sp³-hybridized carbons (Fsp3) is 0.476. The molecule has 1 fully saturated rings. The summed E-state index contributed by atoms with van der Waals surface area (Å²) in [4.78, 5) is 21.3. The first kappa shape index (κ1) is 20.8. The van der Waals surface area contributed by atoms with Crippen LogP contribution in [-0.4, -0.2) is 38.5 Å². The van der Waals surface area contributed by atoms with E-state index < -0.39 is 11.9 Å². The van der Waals surface area contributed by atoms with Crippen LogP contribution in [0, 0.1) is 13.8 Å². The number of amides is 1. The molecular weight excluding hydrogens is 413 g/mol. The fourth-order valence-electron chi connectivity index (χ4n) is 3.97. The van der Waals surface area contributed by atoms with Crippen molar-refractivity contribution in [1.82, 2.24) is 19.5 Å². The summed E-state index contributed by atoms with van der Waals surface area (Å²) in [6.07, 6.45) is -1.97. The van der Waals surface area contributed by atoms with Crippen molar-refractivity contribution in [3.63, 3.8) is 0 Å². The average molecular weight is 437 g/mol. The number of piperidine rings is 1. The van der Waals surface area contributed by atoms with Gasteiger partial charge in [0.25, 0.3) is 0 Å². The first-order chi connectivity index (χ1) is 14.2. The zero-order chi connectivity index (χ0) is 21.5. The highest BCUT2D eigenvalue weighted by Crippen LogP contribution is 2.33. The highest BCUT2D eigenvalue weighted by atomic mass is 32.1. The molecule has 1 aliphatic heterocycles. The number of fused-ring (bicyclic) bond motifs is 1. The van der Waals surface area contributed by atoms with Crippen LogP contribution in [0.4, 0.5) is 13.2 Å². The third kappa shape index (κ3) is 4.35. The molecule has 0 radical (unpaired) electrons. The molecule has 1 aliphatic rings. The summed E-state index contributed by atoms with van der Waals surface area (Å²) in [6.45, 7) is 4.71. The highest BCUT2D eigenvalue weighted by Gasteiger charge is 2.36. The van der Waals surface area contributed by atoms with Crippen molar-refractivity contribution in [1.29, 1.82) is 0 Å². The van der Waals surface area contributed by atoms with Gasteiger partial charge in [-0.3, -0.25) is 4.79 Å². The van der Waals surface area contributed by atoms with E-state index in [1.54, 1.807) is 29.2 Å². The normalized spacial score (nSPS) is 17.6. The Bertz CT molecular complexity index is 1070. The Balaban J connectivity index is 1.52. The van der Waals surface area contributed by atoms with Crippen LogP contribution in [0.3, 0.4) is 0 Å². The van der Waals surface area contributed by atoms with Crippen molar-refractivity contribution in [3.05, 3.63) is 51.1 Å². The summed E-state index contributed by atoms with van der Waals surface area (Å²) in [6, 6.07) is 6.72. The van der Waals surface area contributed by atoms with Gasteiger partial charge >= 0.3 is 6.18 Å². The number of alkyl halides is 3. The zero-order valence-electron chi connectivity index (χ0n) is 16.9. The van der Waals surface area contributed by atoms with Gasteiger partial charge in [-0.1, -0.05) is 0 Å². The number of aryl methyl sites for hydroxylation is 3. The minimum atomic E-state index is -4.53. The smallest absolute Gasteiger partial charge is 0.342 e. The van der Waals surface area contributed by atoms with Crippen LogP contribution in [0.5, 0.6) is 0 Å². The molecule has 4 heterocycles. The second kappa shape index (κ2) is 8.02. The number of hydrogen-bond acceptors (Lipinski definition) is 4. The summed E-state index contributed by atoms with van der Waals surface area (Å²) in [7, 11) is 0. The third-order valence-electron chi connectivity index (χ3n) is 5.43. The van der Waals surface area contributed by atoms with Gasteiger partial charge < -0.3 is 4.90 Å². The lowest BCUT2D eigenvalue weighted by molar-refractivity contribution is -0.143. The SMILES string of the molecule is Cc1cc2nc([C@H]3CCCN(C(=O)CCc4ccc(C)s4)C3)cc(C(F)(F)F)n2n1. The number of halogens is 3. The maximum Gasteiger partial charge on any atom is 0.433 e. The predicted octanol–water partition coefficient (Wildman–Crippen LogP) is 4.77. The molecule has 4 rings (SSSR count). The van der Waals surface area contributed by atoms with Gasteiger partial charge in [0.15, 0.2) is 5.65 Å². The quantitative estimate of drug-likeness (QED) is 0.592. The zero-order valence-corrected chi connectivity index (χ0v) is 17.7. The summed E-state index contributed by atoms with van der Waals surface area (Å²) in [5.74, 6) is -0.170. The third-order valence-corrected chi connectivity index (χ3v) is 6.49. The lowest BCUT2D eigenvalue weighted by Crippen LogP contribution is -2.39. The summed E-state index contributed by atoms with van der Waals surface area (Å²) in [5.41, 5.74) is 0.219. The van der Waals surface area contributed by atoms with Crippen LogP contribution < -0.4 is 0 Å². The Morgan fingerprint density at radius 3 is 2.77 bits per heavy atom. The minimum absolute atomic E-state index is 0.0445. The van der Waals surface area contributed by atoms with Gasteiger partial charge in [0.05, 0.1) is 5.69 Å². The molecule has 0 spiro atoms. The maximum atomic E-state index is 13.6. The Morgan fingerprint density at radius 1 is 1.27 bits per heavy atom. The molecule has 0 unspecified atom stereocenters. The molecule has 3 aromatic heterocycles. The highest BCUT2D eigenvalue weighted by molar-refractivity contribution is 7.11. The van der Waals surface area contributed by atoms with E-state index in [4.69, 9.17) is 0 Å². The first-order valence-electron chi connectivity index (χ1n) is 9.98. The molecule has 30 heavy (non-hydrogen) atoms. The number of hydrogen-bond donors (Lipinski definition) is 0. The van der Waals surface area contributed by atoms with E-state index in [2.05, 4.69) is 10.1 Å². The van der Waals surface area contributed by atoms with E-state index >= 15 is 0 Å². The van der Waals surface area contributed by atoms with Crippen molar-refractivity contribution in [2.75, 3.05) is 13.1 Å². The van der Waals surface area contributed by atoms with Gasteiger partial charge in [0.2, 0.25) is 5.91 Å². The van der Waals surface area contributed by atoms with Gasteiger partial charge in [0.1, 0.15) is 5.69 Å². The number of carbonyl (C=O) groups excluding carboxylic acids is 1. The maximum absolute atomic E-state index is 13.6. The van der Waals surface area contributed by atoms with Crippen molar-refractivity contribution in [2.45, 2.75) is 51.6 Å². The van der Waals surface area contributed by atoms with Crippen LogP contribution in [0.25, 0.3) is 5.65 Å². The van der Waals surface area contributed by atoms with Gasteiger partial charge in [-0.05, 0) is 51.3 Å². The molecule has 1 atom stereocenters. The van der Waals surface area contributed by atoms with Crippen LogP contribution in [0.15, 0.2) is 24.3 Å². The number of aromatic nitrogens is 3. The predicted molar refractivity (Wildman–Crippen MR) is 109 cm³/mol. The number of nitrogens with zero attached hydrogens (tertiary/aromatic N) is 4. The molecule has 9 heteroatoms. The number of thiophene rings is 1. The summed E-state index contributed by atoms with van der Waals surface area (Å²) in [5, 5.41) is 3.93. The molecule has 0 saturated carbocycles. The summed E-state index contributed by atoms with van der Waals surface area (Å²) < 4.78 is 41.6. The lowest BCUT2D eigenvalue weighted by Gasteiger charge is -2.33. The largest absolute Gasteiger partial charge is 0.433 e. The monoisotopic (exact) mass is 436 g/mol. The standard InChI is InChI=1S/C21H23F3N4OS/c1-13-10-19-25-17(11-18(21(22,23)24)28(19)26-13)15-4-3-9-27(12-15)20(29)8-7-16-6-5-14(2)30-16/h5-6,10-11,15H,3-4,7-9,12H2,1-2H3/t15-/m0/s1. The molecule has 5 nitrogen and oxygen atoms in total. The van der Waals surface area contributed by atoms with Crippen molar-refractivity contribution in [3.8, 4) is 0 Å². The number of rotatable bonds is 4. The number of likely N-dealkylation sites (tertiary alicyclic amines) is 1. The lowest BCUT2D eigenvalue weighted by atomic mass is 9.93. The van der Waals surface area contributed by atoms with Crippen molar-refractivity contribution >= 4 is 22.9 Å². The molecule has 0 aromatic carbocycles. The molecule has 3 aromatic rings. The second-order valence-corrected chi connectivity index (χ2v) is 9.18. The first-order valence-corrected chi connectivity index (χ1v) is 10.8.